The average Bonchev–Trinajstić information content (AvgIpc) is 3.50. The van der Waals surface area contributed by atoms with Crippen LogP contribution in [0, 0.1) is 11.6 Å². The minimum absolute atomic E-state index is 0.308. The molecule has 2 aromatic heterocycles. The van der Waals surface area contributed by atoms with Crippen molar-refractivity contribution >= 4 is 5.57 Å². The van der Waals surface area contributed by atoms with E-state index >= 15 is 0 Å². The molecule has 35 heavy (non-hydrogen) atoms. The van der Waals surface area contributed by atoms with E-state index in [4.69, 9.17) is 0 Å². The highest BCUT2D eigenvalue weighted by molar-refractivity contribution is 5.91. The Morgan fingerprint density at radius 1 is 0.971 bits per heavy atom. The molecule has 1 fully saturated rings. The third-order valence-corrected chi connectivity index (χ3v) is 7.26. The summed E-state index contributed by atoms with van der Waals surface area (Å²) in [6, 6.07) is 15.8. The Morgan fingerprint density at radius 2 is 1.83 bits per heavy atom. The fourth-order valence-electron chi connectivity index (χ4n) is 5.56. The molecule has 4 aromatic rings. The number of H-pyrrole nitrogens is 1. The van der Waals surface area contributed by atoms with Gasteiger partial charge in [-0.3, -0.25) is 9.88 Å². The van der Waals surface area contributed by atoms with E-state index in [-0.39, 0.29) is 0 Å². The largest absolute Gasteiger partial charge is 0.508 e. The molecule has 0 saturated carbocycles. The zero-order valence-corrected chi connectivity index (χ0v) is 19.1. The predicted octanol–water partition coefficient (Wildman–Crippen LogP) is 6.37. The molecule has 176 valence electrons. The van der Waals surface area contributed by atoms with E-state index in [1.165, 1.54) is 23.3 Å². The Hall–Kier alpha value is -3.77. The van der Waals surface area contributed by atoms with Crippen LogP contribution in [0.2, 0.25) is 0 Å². The van der Waals surface area contributed by atoms with Crippen LogP contribution >= 0.6 is 0 Å². The number of aromatic hydroxyl groups is 1. The van der Waals surface area contributed by atoms with Crippen LogP contribution in [0.15, 0.2) is 79.3 Å². The molecule has 0 bridgehead atoms. The van der Waals surface area contributed by atoms with Crippen LogP contribution in [0.4, 0.5) is 8.78 Å². The van der Waals surface area contributed by atoms with Gasteiger partial charge >= 0.3 is 0 Å². The maximum Gasteiger partial charge on any atom is 0.159 e. The van der Waals surface area contributed by atoms with Crippen molar-refractivity contribution in [3.8, 4) is 28.1 Å². The molecule has 0 unspecified atom stereocenters. The van der Waals surface area contributed by atoms with Crippen molar-refractivity contribution < 1.29 is 13.9 Å². The molecule has 0 spiro atoms. The summed E-state index contributed by atoms with van der Waals surface area (Å²) in [5.41, 5.74) is 6.82. The Bertz CT molecular complexity index is 1410. The number of rotatable bonds is 4. The molecule has 2 aliphatic heterocycles. The maximum absolute atomic E-state index is 14.1. The fraction of sp³-hybridized carbons (Fsp3) is 0.207. The van der Waals surface area contributed by atoms with Gasteiger partial charge in [-0.05, 0) is 77.9 Å². The van der Waals surface area contributed by atoms with E-state index < -0.39 is 11.6 Å². The zero-order valence-electron chi connectivity index (χ0n) is 19.1. The highest BCUT2D eigenvalue weighted by Gasteiger charge is 2.35. The van der Waals surface area contributed by atoms with Gasteiger partial charge in [-0.25, -0.2) is 8.78 Å². The summed E-state index contributed by atoms with van der Waals surface area (Å²) in [4.78, 5) is 10.0. The first-order chi connectivity index (χ1) is 17.1. The molecular weight excluding hydrogens is 444 g/mol. The van der Waals surface area contributed by atoms with Crippen molar-refractivity contribution in [2.75, 3.05) is 13.1 Å². The Morgan fingerprint density at radius 3 is 2.63 bits per heavy atom. The van der Waals surface area contributed by atoms with E-state index in [9.17, 15) is 13.9 Å². The lowest BCUT2D eigenvalue weighted by molar-refractivity contribution is 0.286. The standard InChI is InChI=1S/C29H25F2N3O/c30-26-5-4-21(15-27(26)31)29-28(18-6-9-32-10-7-18)25(16-33-29)20-8-11-34-17-22(13-23(34)12-20)19-2-1-3-24(35)14-19/h1-7,9-10,12,14-16,22-23,33,35H,8,11,13,17H2/t22-,23-/m1/s1. The number of phenols is 1. The van der Waals surface area contributed by atoms with Crippen LogP contribution in [0.5, 0.6) is 5.75 Å². The smallest absolute Gasteiger partial charge is 0.159 e. The highest BCUT2D eigenvalue weighted by Crippen LogP contribution is 2.43. The summed E-state index contributed by atoms with van der Waals surface area (Å²) < 4.78 is 27.7. The molecule has 2 atom stereocenters. The van der Waals surface area contributed by atoms with Gasteiger partial charge in [-0.15, -0.1) is 0 Å². The topological polar surface area (TPSA) is 52.1 Å². The second kappa shape index (κ2) is 8.78. The number of hydrogen-bond acceptors (Lipinski definition) is 3. The van der Waals surface area contributed by atoms with Gasteiger partial charge in [0, 0.05) is 54.4 Å². The van der Waals surface area contributed by atoms with Crippen molar-refractivity contribution in [1.29, 1.82) is 0 Å². The molecule has 2 aromatic carbocycles. The number of nitrogens with zero attached hydrogens (tertiary/aromatic N) is 2. The average molecular weight is 470 g/mol. The summed E-state index contributed by atoms with van der Waals surface area (Å²) in [5.74, 6) is -1.03. The second-order valence-electron chi connectivity index (χ2n) is 9.35. The number of hydrogen-bond donors (Lipinski definition) is 2. The highest BCUT2D eigenvalue weighted by atomic mass is 19.2. The van der Waals surface area contributed by atoms with Gasteiger partial charge in [0.1, 0.15) is 5.75 Å². The quantitative estimate of drug-likeness (QED) is 0.365. The summed E-state index contributed by atoms with van der Waals surface area (Å²) in [6.45, 7) is 1.93. The summed E-state index contributed by atoms with van der Waals surface area (Å²) in [7, 11) is 0. The van der Waals surface area contributed by atoms with Crippen LogP contribution < -0.4 is 0 Å². The molecule has 6 heteroatoms. The first-order valence-corrected chi connectivity index (χ1v) is 11.9. The minimum Gasteiger partial charge on any atom is -0.508 e. The summed E-state index contributed by atoms with van der Waals surface area (Å²) >= 11 is 0. The number of phenolic OH excluding ortho intramolecular Hbond substituents is 1. The van der Waals surface area contributed by atoms with Crippen LogP contribution in [-0.2, 0) is 0 Å². The van der Waals surface area contributed by atoms with Gasteiger partial charge in [0.2, 0.25) is 0 Å². The van der Waals surface area contributed by atoms with Crippen molar-refractivity contribution in [3.05, 3.63) is 102 Å². The second-order valence-corrected chi connectivity index (χ2v) is 9.35. The van der Waals surface area contributed by atoms with Crippen LogP contribution in [0.1, 0.15) is 29.9 Å². The number of aromatic nitrogens is 2. The van der Waals surface area contributed by atoms with Gasteiger partial charge in [0.15, 0.2) is 11.6 Å². The van der Waals surface area contributed by atoms with E-state index in [0.717, 1.165) is 48.3 Å². The van der Waals surface area contributed by atoms with E-state index in [2.05, 4.69) is 27.0 Å². The van der Waals surface area contributed by atoms with Crippen molar-refractivity contribution in [2.24, 2.45) is 0 Å². The van der Waals surface area contributed by atoms with Crippen LogP contribution in [-0.4, -0.2) is 39.1 Å². The fourth-order valence-corrected chi connectivity index (χ4v) is 5.56. The molecule has 4 nitrogen and oxygen atoms in total. The lowest BCUT2D eigenvalue weighted by Gasteiger charge is -2.28. The van der Waals surface area contributed by atoms with Gasteiger partial charge in [0.05, 0.1) is 5.69 Å². The number of aromatic amines is 1. The van der Waals surface area contributed by atoms with Gasteiger partial charge < -0.3 is 10.1 Å². The number of halogens is 2. The Labute approximate surface area is 202 Å². The zero-order chi connectivity index (χ0) is 23.9. The minimum atomic E-state index is -0.865. The molecule has 0 aliphatic carbocycles. The number of benzene rings is 2. The SMILES string of the molecule is Oc1cccc([C@@H]2C[C@H]3C=C(c4c[nH]c(-c5ccc(F)c(F)c5)c4-c4ccncc4)CCN3C2)c1. The van der Waals surface area contributed by atoms with Crippen molar-refractivity contribution in [2.45, 2.75) is 24.8 Å². The lowest BCUT2D eigenvalue weighted by Crippen LogP contribution is -2.32. The summed E-state index contributed by atoms with van der Waals surface area (Å²) in [6.07, 6.45) is 9.73. The van der Waals surface area contributed by atoms with Crippen LogP contribution in [0.25, 0.3) is 28.0 Å². The number of pyridine rings is 1. The van der Waals surface area contributed by atoms with Gasteiger partial charge in [-0.2, -0.15) is 0 Å². The molecular formula is C29H25F2N3O. The third-order valence-electron chi connectivity index (χ3n) is 7.26. The van der Waals surface area contributed by atoms with Crippen LogP contribution in [0.3, 0.4) is 0 Å². The first kappa shape index (κ1) is 21.7. The van der Waals surface area contributed by atoms with E-state index in [1.807, 2.05) is 30.5 Å². The Kier molecular flexibility index (Phi) is 5.46. The third kappa shape index (κ3) is 4.04. The molecule has 2 aliphatic rings. The maximum atomic E-state index is 14.1. The van der Waals surface area contributed by atoms with E-state index in [0.29, 0.717) is 23.3 Å². The van der Waals surface area contributed by atoms with Gasteiger partial charge in [-0.1, -0.05) is 18.2 Å². The molecule has 0 amide bonds. The van der Waals surface area contributed by atoms with E-state index in [1.54, 1.807) is 24.5 Å². The monoisotopic (exact) mass is 469 g/mol. The van der Waals surface area contributed by atoms with Crippen molar-refractivity contribution in [1.82, 2.24) is 14.9 Å². The number of nitrogens with one attached hydrogen (secondary N) is 1. The predicted molar refractivity (Wildman–Crippen MR) is 133 cm³/mol. The normalized spacial score (nSPS) is 20.0. The molecule has 0 radical (unpaired) electrons. The summed E-state index contributed by atoms with van der Waals surface area (Å²) in [5, 5.41) is 9.91. The molecule has 6 rings (SSSR count). The first-order valence-electron chi connectivity index (χ1n) is 11.9. The number of fused-ring (bicyclic) bond motifs is 1. The Balaban J connectivity index is 1.38. The van der Waals surface area contributed by atoms with Gasteiger partial charge in [0.25, 0.3) is 0 Å². The molecule has 2 N–H and O–H groups in total. The lowest BCUT2D eigenvalue weighted by atomic mass is 9.90. The molecule has 1 saturated heterocycles. The van der Waals surface area contributed by atoms with Crippen molar-refractivity contribution in [3.63, 3.8) is 0 Å². The molecule has 4 heterocycles.